The van der Waals surface area contributed by atoms with E-state index in [1.807, 2.05) is 44.2 Å². The van der Waals surface area contributed by atoms with Crippen LogP contribution in [0.3, 0.4) is 0 Å². The van der Waals surface area contributed by atoms with Gasteiger partial charge in [0.25, 0.3) is 0 Å². The van der Waals surface area contributed by atoms with Gasteiger partial charge in [0, 0.05) is 46.5 Å². The normalized spacial score (nSPS) is 19.9. The highest BCUT2D eigenvalue weighted by Crippen LogP contribution is 2.40. The minimum absolute atomic E-state index is 0.0567. The van der Waals surface area contributed by atoms with Gasteiger partial charge in [-0.15, -0.1) is 0 Å². The number of nitrogens with one attached hydrogen (secondary N) is 1. The second kappa shape index (κ2) is 9.39. The summed E-state index contributed by atoms with van der Waals surface area (Å²) < 4.78 is 17.6. The van der Waals surface area contributed by atoms with Crippen molar-refractivity contribution in [3.63, 3.8) is 0 Å². The lowest BCUT2D eigenvalue weighted by molar-refractivity contribution is -0.264. The van der Waals surface area contributed by atoms with Gasteiger partial charge in [-0.3, -0.25) is 0 Å². The largest absolute Gasteiger partial charge is 0.493 e. The zero-order chi connectivity index (χ0) is 24.7. The fourth-order valence-corrected chi connectivity index (χ4v) is 5.22. The van der Waals surface area contributed by atoms with Crippen LogP contribution in [0.2, 0.25) is 5.02 Å². The van der Waals surface area contributed by atoms with E-state index in [4.69, 9.17) is 25.8 Å². The lowest BCUT2D eigenvalue weighted by atomic mass is 9.92. The van der Waals surface area contributed by atoms with Crippen LogP contribution in [0.15, 0.2) is 60.9 Å². The van der Waals surface area contributed by atoms with Crippen LogP contribution in [-0.2, 0) is 15.9 Å². The number of nitrogens with zero attached hydrogens (tertiary/aromatic N) is 3. The molecule has 7 nitrogen and oxygen atoms in total. The molecular formula is C28H29ClN4O3. The van der Waals surface area contributed by atoms with Crippen molar-refractivity contribution in [1.82, 2.24) is 15.0 Å². The van der Waals surface area contributed by atoms with Crippen molar-refractivity contribution in [3.05, 3.63) is 82.8 Å². The van der Waals surface area contributed by atoms with Crippen molar-refractivity contribution in [2.75, 3.05) is 31.3 Å². The van der Waals surface area contributed by atoms with Crippen LogP contribution in [0.25, 0.3) is 10.9 Å². The predicted octanol–water partition coefficient (Wildman–Crippen LogP) is 5.54. The topological polar surface area (TPSA) is 72.5 Å². The third-order valence-corrected chi connectivity index (χ3v) is 7.15. The molecule has 0 aliphatic carbocycles. The van der Waals surface area contributed by atoms with E-state index in [0.717, 1.165) is 40.5 Å². The summed E-state index contributed by atoms with van der Waals surface area (Å²) in [7, 11) is 0. The Hall–Kier alpha value is -3.13. The summed E-state index contributed by atoms with van der Waals surface area (Å²) in [6, 6.07) is 16.1. The molecule has 4 aromatic rings. The molecule has 0 amide bonds. The van der Waals surface area contributed by atoms with Gasteiger partial charge in [-0.25, -0.2) is 9.97 Å². The molecular weight excluding hydrogens is 476 g/mol. The van der Waals surface area contributed by atoms with Crippen molar-refractivity contribution in [3.8, 4) is 5.75 Å². The van der Waals surface area contributed by atoms with Gasteiger partial charge in [-0.2, -0.15) is 0 Å². The Kier molecular flexibility index (Phi) is 6.07. The van der Waals surface area contributed by atoms with E-state index < -0.39 is 5.79 Å². The molecule has 6 rings (SSSR count). The lowest BCUT2D eigenvalue weighted by Gasteiger charge is -2.36. The zero-order valence-corrected chi connectivity index (χ0v) is 21.2. The minimum Gasteiger partial charge on any atom is -0.493 e. The molecule has 1 N–H and O–H groups in total. The number of ether oxygens (including phenoxy) is 3. The molecule has 2 aromatic carbocycles. The molecule has 0 unspecified atom stereocenters. The number of aromatic nitrogens is 3. The van der Waals surface area contributed by atoms with Crippen LogP contribution in [0, 0.1) is 5.92 Å². The number of halogens is 1. The number of hydrogen-bond acceptors (Lipinski definition) is 6. The van der Waals surface area contributed by atoms with Gasteiger partial charge >= 0.3 is 0 Å². The summed E-state index contributed by atoms with van der Waals surface area (Å²) in [5, 5.41) is 1.92. The van der Waals surface area contributed by atoms with Crippen molar-refractivity contribution in [2.45, 2.75) is 32.1 Å². The fraction of sp³-hybridized carbons (Fsp3) is 0.357. The van der Waals surface area contributed by atoms with Crippen LogP contribution in [0.5, 0.6) is 5.75 Å². The van der Waals surface area contributed by atoms with Gasteiger partial charge in [0.05, 0.1) is 25.9 Å². The van der Waals surface area contributed by atoms with Crippen molar-refractivity contribution in [2.24, 2.45) is 5.92 Å². The van der Waals surface area contributed by atoms with Gasteiger partial charge in [-0.05, 0) is 67.8 Å². The smallest absolute Gasteiger partial charge is 0.226 e. The second-order valence-corrected chi connectivity index (χ2v) is 10.3. The molecule has 2 aliphatic heterocycles. The molecule has 1 fully saturated rings. The molecule has 36 heavy (non-hydrogen) atoms. The van der Waals surface area contributed by atoms with E-state index in [2.05, 4.69) is 38.1 Å². The Bertz CT molecular complexity index is 1350. The molecule has 0 saturated carbocycles. The van der Waals surface area contributed by atoms with Crippen molar-refractivity contribution < 1.29 is 14.2 Å². The van der Waals surface area contributed by atoms with E-state index in [-0.39, 0.29) is 12.0 Å². The predicted molar refractivity (Wildman–Crippen MR) is 140 cm³/mol. The standard InChI is InChI=1S/C28H29ClN4O3/c1-28(2)35-16-18(17-36-28)15-34-21-7-4-19(5-8-21)26-25-22(23-14-20(29)6-9-24(23)32-25)10-13-33(26)27-30-11-3-12-31-27/h3-9,11-12,14,18,26,32H,10,13,15-17H2,1-2H3/t26-/m0/s1. The molecule has 0 radical (unpaired) electrons. The summed E-state index contributed by atoms with van der Waals surface area (Å²) in [6.45, 7) is 6.49. The number of H-pyrrole nitrogens is 1. The van der Waals surface area contributed by atoms with Gasteiger partial charge in [0.1, 0.15) is 5.75 Å². The Morgan fingerprint density at radius 1 is 1.08 bits per heavy atom. The average Bonchev–Trinajstić information content (AvgIpc) is 3.26. The molecule has 1 saturated heterocycles. The number of anilines is 1. The Morgan fingerprint density at radius 3 is 2.58 bits per heavy atom. The molecule has 186 valence electrons. The van der Waals surface area contributed by atoms with Gasteiger partial charge < -0.3 is 24.1 Å². The Balaban J connectivity index is 1.28. The Morgan fingerprint density at radius 2 is 1.83 bits per heavy atom. The van der Waals surface area contributed by atoms with Crippen LogP contribution >= 0.6 is 11.6 Å². The van der Waals surface area contributed by atoms with Crippen LogP contribution in [0.4, 0.5) is 5.95 Å². The quantitative estimate of drug-likeness (QED) is 0.384. The van der Waals surface area contributed by atoms with E-state index in [1.54, 1.807) is 12.4 Å². The third-order valence-electron chi connectivity index (χ3n) is 6.91. The zero-order valence-electron chi connectivity index (χ0n) is 20.4. The first-order valence-electron chi connectivity index (χ1n) is 12.3. The average molecular weight is 505 g/mol. The highest BCUT2D eigenvalue weighted by atomic mass is 35.5. The van der Waals surface area contributed by atoms with Gasteiger partial charge in [-0.1, -0.05) is 23.7 Å². The Labute approximate surface area is 215 Å². The number of benzene rings is 2. The third kappa shape index (κ3) is 4.54. The SMILES string of the molecule is CC1(C)OCC(COc2ccc([C@H]3c4[nH]c5ccc(Cl)cc5c4CCN3c3ncccn3)cc2)CO1. The molecule has 0 spiro atoms. The highest BCUT2D eigenvalue weighted by Gasteiger charge is 2.33. The fourth-order valence-electron chi connectivity index (χ4n) is 5.05. The molecule has 2 aromatic heterocycles. The number of hydrogen-bond donors (Lipinski definition) is 1. The monoisotopic (exact) mass is 504 g/mol. The van der Waals surface area contributed by atoms with E-state index >= 15 is 0 Å². The van der Waals surface area contributed by atoms with Crippen LogP contribution in [0.1, 0.15) is 36.7 Å². The van der Waals surface area contributed by atoms with E-state index in [9.17, 15) is 0 Å². The lowest BCUT2D eigenvalue weighted by Crippen LogP contribution is -2.41. The van der Waals surface area contributed by atoms with Crippen LogP contribution < -0.4 is 9.64 Å². The maximum absolute atomic E-state index is 6.34. The molecule has 8 heteroatoms. The molecule has 1 atom stereocenters. The molecule has 4 heterocycles. The first-order valence-corrected chi connectivity index (χ1v) is 12.7. The van der Waals surface area contributed by atoms with E-state index in [1.165, 1.54) is 10.9 Å². The minimum atomic E-state index is -0.515. The summed E-state index contributed by atoms with van der Waals surface area (Å²) in [6.07, 6.45) is 4.46. The first-order chi connectivity index (χ1) is 17.5. The highest BCUT2D eigenvalue weighted by molar-refractivity contribution is 6.31. The summed E-state index contributed by atoms with van der Waals surface area (Å²) in [4.78, 5) is 15.0. The van der Waals surface area contributed by atoms with E-state index in [0.29, 0.717) is 25.8 Å². The number of rotatable bonds is 5. The van der Waals surface area contributed by atoms with Crippen molar-refractivity contribution in [1.29, 1.82) is 0 Å². The summed E-state index contributed by atoms with van der Waals surface area (Å²) >= 11 is 6.34. The second-order valence-electron chi connectivity index (χ2n) is 9.87. The van der Waals surface area contributed by atoms with Gasteiger partial charge in [0.15, 0.2) is 5.79 Å². The van der Waals surface area contributed by atoms with Gasteiger partial charge in [0.2, 0.25) is 5.95 Å². The molecule has 2 aliphatic rings. The van der Waals surface area contributed by atoms with Crippen molar-refractivity contribution >= 4 is 28.5 Å². The number of aromatic amines is 1. The van der Waals surface area contributed by atoms with Crippen LogP contribution in [-0.4, -0.2) is 47.1 Å². The maximum atomic E-state index is 6.34. The summed E-state index contributed by atoms with van der Waals surface area (Å²) in [5.41, 5.74) is 4.67. The number of fused-ring (bicyclic) bond motifs is 3. The summed E-state index contributed by atoms with van der Waals surface area (Å²) in [5.74, 6) is 1.23. The first kappa shape index (κ1) is 23.3. The maximum Gasteiger partial charge on any atom is 0.226 e. The molecule has 0 bridgehead atoms.